The molecule has 6 nitrogen and oxygen atoms in total. The minimum atomic E-state index is -0.930. The molecule has 1 aliphatic rings. The van der Waals surface area contributed by atoms with E-state index in [9.17, 15) is 9.59 Å². The van der Waals surface area contributed by atoms with Crippen LogP contribution in [0.1, 0.15) is 6.92 Å². The molecule has 1 heterocycles. The maximum atomic E-state index is 11.5. The van der Waals surface area contributed by atoms with Crippen LogP contribution in [0.15, 0.2) is 0 Å². The molecule has 0 bridgehead atoms. The molecule has 2 unspecified atom stereocenters. The zero-order valence-corrected chi connectivity index (χ0v) is 8.68. The summed E-state index contributed by atoms with van der Waals surface area (Å²) < 4.78 is 5.09. The van der Waals surface area contributed by atoms with E-state index in [1.165, 1.54) is 4.90 Å². The molecule has 0 radical (unpaired) electrons. The quantitative estimate of drug-likeness (QED) is 0.621. The number of hydrogen-bond acceptors (Lipinski definition) is 4. The molecule has 6 heteroatoms. The normalized spacial score (nSPS) is 25.2. The molecule has 1 fully saturated rings. The van der Waals surface area contributed by atoms with Crippen LogP contribution >= 0.6 is 0 Å². The average Bonchev–Trinajstić information content (AvgIpc) is 2.67. The van der Waals surface area contributed by atoms with Crippen LogP contribution < -0.4 is 5.73 Å². The van der Waals surface area contributed by atoms with E-state index < -0.39 is 11.9 Å². The van der Waals surface area contributed by atoms with E-state index in [1.54, 1.807) is 6.92 Å². The van der Waals surface area contributed by atoms with Crippen LogP contribution in [0.25, 0.3) is 0 Å². The fourth-order valence-electron chi connectivity index (χ4n) is 1.80. The molecular weight excluding hydrogens is 200 g/mol. The number of nitrogens with two attached hydrogens (primary N) is 1. The van der Waals surface area contributed by atoms with Gasteiger partial charge in [-0.05, 0) is 6.92 Å². The van der Waals surface area contributed by atoms with Gasteiger partial charge in [-0.15, -0.1) is 0 Å². The van der Waals surface area contributed by atoms with Gasteiger partial charge in [-0.25, -0.2) is 0 Å². The molecule has 0 aromatic rings. The molecule has 1 aliphatic heterocycles. The van der Waals surface area contributed by atoms with Crippen LogP contribution in [0.3, 0.4) is 0 Å². The summed E-state index contributed by atoms with van der Waals surface area (Å²) in [7, 11) is 0. The van der Waals surface area contributed by atoms with Gasteiger partial charge in [0.25, 0.3) is 0 Å². The predicted octanol–water partition coefficient (Wildman–Crippen LogP) is -1.11. The molecular formula is C9H16N2O4. The number of carboxylic acid groups (broad SMARTS) is 1. The van der Waals surface area contributed by atoms with Gasteiger partial charge in [-0.3, -0.25) is 9.59 Å². The van der Waals surface area contributed by atoms with Gasteiger partial charge < -0.3 is 20.5 Å². The lowest BCUT2D eigenvalue weighted by molar-refractivity contribution is -0.144. The van der Waals surface area contributed by atoms with Gasteiger partial charge in [0.1, 0.15) is 5.92 Å². The van der Waals surface area contributed by atoms with Gasteiger partial charge in [-0.2, -0.15) is 0 Å². The van der Waals surface area contributed by atoms with Crippen LogP contribution in [0.2, 0.25) is 0 Å². The Morgan fingerprint density at radius 1 is 1.53 bits per heavy atom. The smallest absolute Gasteiger partial charge is 0.311 e. The van der Waals surface area contributed by atoms with Crippen LogP contribution in [0.4, 0.5) is 0 Å². The lowest BCUT2D eigenvalue weighted by Gasteiger charge is -2.28. The van der Waals surface area contributed by atoms with Crippen molar-refractivity contribution in [2.24, 2.45) is 11.7 Å². The van der Waals surface area contributed by atoms with Crippen LogP contribution in [-0.4, -0.2) is 54.2 Å². The number of hydrogen-bond donors (Lipinski definition) is 2. The summed E-state index contributed by atoms with van der Waals surface area (Å²) in [6, 6.07) is -0.386. The molecule has 0 spiro atoms. The second kappa shape index (κ2) is 5.09. The van der Waals surface area contributed by atoms with Crippen LogP contribution in [0, 0.1) is 5.92 Å². The van der Waals surface area contributed by atoms with E-state index in [0.29, 0.717) is 6.54 Å². The standard InChI is InChI=1S/C9H16N2O4/c1-2-11(8(12)3-10)7-5-15-4-6(7)9(13)14/h6-7H,2-5,10H2,1H3,(H,13,14). The number of carbonyl (C=O) groups excluding carboxylic acids is 1. The molecule has 1 amide bonds. The van der Waals surface area contributed by atoms with Crippen molar-refractivity contribution in [1.29, 1.82) is 0 Å². The van der Waals surface area contributed by atoms with Crippen molar-refractivity contribution >= 4 is 11.9 Å². The lowest BCUT2D eigenvalue weighted by atomic mass is 10.0. The number of ether oxygens (including phenoxy) is 1. The van der Waals surface area contributed by atoms with Crippen molar-refractivity contribution in [3.05, 3.63) is 0 Å². The fraction of sp³-hybridized carbons (Fsp3) is 0.778. The first-order chi connectivity index (χ1) is 7.11. The van der Waals surface area contributed by atoms with Crippen molar-refractivity contribution in [1.82, 2.24) is 4.90 Å². The highest BCUT2D eigenvalue weighted by atomic mass is 16.5. The van der Waals surface area contributed by atoms with E-state index in [1.807, 2.05) is 0 Å². The fourth-order valence-corrected chi connectivity index (χ4v) is 1.80. The van der Waals surface area contributed by atoms with Gasteiger partial charge in [0.2, 0.25) is 5.91 Å². The highest BCUT2D eigenvalue weighted by molar-refractivity contribution is 5.80. The van der Waals surface area contributed by atoms with Crippen molar-refractivity contribution < 1.29 is 19.4 Å². The second-order valence-corrected chi connectivity index (χ2v) is 3.43. The third kappa shape index (κ3) is 2.45. The van der Waals surface area contributed by atoms with Gasteiger partial charge >= 0.3 is 5.97 Å². The Morgan fingerprint density at radius 3 is 2.67 bits per heavy atom. The Kier molecular flexibility index (Phi) is 4.05. The summed E-state index contributed by atoms with van der Waals surface area (Å²) in [5, 5.41) is 8.93. The van der Waals surface area contributed by atoms with E-state index in [0.717, 1.165) is 0 Å². The SMILES string of the molecule is CCN(C(=O)CN)C1COCC1C(=O)O. The number of carboxylic acids is 1. The third-order valence-electron chi connectivity index (χ3n) is 2.60. The second-order valence-electron chi connectivity index (χ2n) is 3.43. The Labute approximate surface area is 88.0 Å². The molecule has 3 N–H and O–H groups in total. The minimum Gasteiger partial charge on any atom is -0.481 e. The number of likely N-dealkylation sites (N-methyl/N-ethyl adjacent to an activating group) is 1. The maximum absolute atomic E-state index is 11.5. The maximum Gasteiger partial charge on any atom is 0.311 e. The molecule has 2 atom stereocenters. The largest absolute Gasteiger partial charge is 0.481 e. The molecule has 0 aliphatic carbocycles. The number of rotatable bonds is 4. The van der Waals surface area contributed by atoms with E-state index in [2.05, 4.69) is 0 Å². The number of amides is 1. The van der Waals surface area contributed by atoms with Crippen molar-refractivity contribution in [3.8, 4) is 0 Å². The molecule has 0 saturated carbocycles. The molecule has 1 rings (SSSR count). The van der Waals surface area contributed by atoms with Crippen molar-refractivity contribution in [2.75, 3.05) is 26.3 Å². The van der Waals surface area contributed by atoms with Gasteiger partial charge in [-0.1, -0.05) is 0 Å². The summed E-state index contributed by atoms with van der Waals surface area (Å²) in [6.45, 7) is 2.58. The molecule has 15 heavy (non-hydrogen) atoms. The molecule has 0 aromatic heterocycles. The van der Waals surface area contributed by atoms with Gasteiger partial charge in [0, 0.05) is 6.54 Å². The lowest BCUT2D eigenvalue weighted by Crippen LogP contribution is -2.48. The molecule has 1 saturated heterocycles. The van der Waals surface area contributed by atoms with E-state index >= 15 is 0 Å². The number of nitrogens with zero attached hydrogens (tertiary/aromatic N) is 1. The zero-order chi connectivity index (χ0) is 11.4. The molecule has 0 aromatic carbocycles. The summed E-state index contributed by atoms with van der Waals surface area (Å²) >= 11 is 0. The first-order valence-electron chi connectivity index (χ1n) is 4.91. The first-order valence-corrected chi connectivity index (χ1v) is 4.91. The van der Waals surface area contributed by atoms with Crippen molar-refractivity contribution in [3.63, 3.8) is 0 Å². The average molecular weight is 216 g/mol. The zero-order valence-electron chi connectivity index (χ0n) is 8.68. The Hall–Kier alpha value is -1.14. The summed E-state index contributed by atoms with van der Waals surface area (Å²) in [6.07, 6.45) is 0. The summed E-state index contributed by atoms with van der Waals surface area (Å²) in [5.74, 6) is -1.81. The third-order valence-corrected chi connectivity index (χ3v) is 2.60. The van der Waals surface area contributed by atoms with Crippen LogP contribution in [-0.2, 0) is 14.3 Å². The first kappa shape index (κ1) is 11.9. The summed E-state index contributed by atoms with van der Waals surface area (Å²) in [4.78, 5) is 23.8. The van der Waals surface area contributed by atoms with E-state index in [-0.39, 0.29) is 31.7 Å². The number of carbonyl (C=O) groups is 2. The summed E-state index contributed by atoms with van der Waals surface area (Å²) in [5.41, 5.74) is 5.26. The minimum absolute atomic E-state index is 0.101. The van der Waals surface area contributed by atoms with Gasteiger partial charge in [0.15, 0.2) is 0 Å². The monoisotopic (exact) mass is 216 g/mol. The highest BCUT2D eigenvalue weighted by Crippen LogP contribution is 2.19. The molecule has 86 valence electrons. The highest BCUT2D eigenvalue weighted by Gasteiger charge is 2.38. The Morgan fingerprint density at radius 2 is 2.20 bits per heavy atom. The topological polar surface area (TPSA) is 92.9 Å². The predicted molar refractivity (Wildman–Crippen MR) is 52.2 cm³/mol. The van der Waals surface area contributed by atoms with Gasteiger partial charge in [0.05, 0.1) is 25.8 Å². The number of aliphatic carboxylic acids is 1. The van der Waals surface area contributed by atoms with Crippen molar-refractivity contribution in [2.45, 2.75) is 13.0 Å². The Balaban J connectivity index is 2.74. The Bertz CT molecular complexity index is 256. The van der Waals surface area contributed by atoms with E-state index in [4.69, 9.17) is 15.6 Å². The van der Waals surface area contributed by atoms with Crippen LogP contribution in [0.5, 0.6) is 0 Å².